The van der Waals surface area contributed by atoms with E-state index in [0.29, 0.717) is 18.5 Å². The van der Waals surface area contributed by atoms with Crippen molar-refractivity contribution in [3.8, 4) is 0 Å². The van der Waals surface area contributed by atoms with Gasteiger partial charge in [-0.3, -0.25) is 9.48 Å². The predicted molar refractivity (Wildman–Crippen MR) is 85.7 cm³/mol. The molecule has 1 unspecified atom stereocenters. The molecule has 118 valence electrons. The number of aliphatic hydroxyl groups excluding tert-OH is 1. The Bertz CT molecular complexity index is 620. The Morgan fingerprint density at radius 3 is 2.59 bits per heavy atom. The van der Waals surface area contributed by atoms with Crippen molar-refractivity contribution in [1.29, 1.82) is 0 Å². The van der Waals surface area contributed by atoms with Crippen LogP contribution < -0.4 is 5.32 Å². The molecule has 0 radical (unpaired) electrons. The number of amides is 1. The van der Waals surface area contributed by atoms with Crippen molar-refractivity contribution in [2.45, 2.75) is 39.3 Å². The Hall–Kier alpha value is -2.14. The zero-order valence-electron chi connectivity index (χ0n) is 13.3. The van der Waals surface area contributed by atoms with Gasteiger partial charge >= 0.3 is 0 Å². The van der Waals surface area contributed by atoms with E-state index in [1.165, 1.54) is 0 Å². The van der Waals surface area contributed by atoms with Crippen LogP contribution in [0.1, 0.15) is 54.0 Å². The van der Waals surface area contributed by atoms with Crippen molar-refractivity contribution in [3.05, 3.63) is 53.3 Å². The molecule has 0 aliphatic rings. The summed E-state index contributed by atoms with van der Waals surface area (Å²) in [5.74, 6) is -0.148. The fourth-order valence-electron chi connectivity index (χ4n) is 2.43. The molecule has 0 fully saturated rings. The van der Waals surface area contributed by atoms with Gasteiger partial charge in [0.1, 0.15) is 0 Å². The lowest BCUT2D eigenvalue weighted by Gasteiger charge is -2.12. The summed E-state index contributed by atoms with van der Waals surface area (Å²) >= 11 is 0. The number of rotatable bonds is 6. The highest BCUT2D eigenvalue weighted by Crippen LogP contribution is 2.16. The molecule has 2 N–H and O–H groups in total. The Kier molecular flexibility index (Phi) is 5.33. The van der Waals surface area contributed by atoms with Crippen LogP contribution in [0.5, 0.6) is 0 Å². The zero-order valence-corrected chi connectivity index (χ0v) is 13.3. The Labute approximate surface area is 131 Å². The smallest absolute Gasteiger partial charge is 0.254 e. The molecule has 0 aliphatic carbocycles. The number of hydrogen-bond acceptors (Lipinski definition) is 3. The summed E-state index contributed by atoms with van der Waals surface area (Å²) in [6.07, 6.45) is 1.51. The standard InChI is InChI=1S/C17H23N3O2/c1-12(2)20-13(3)15(11-19-20)17(22)18-10-9-16(21)14-7-5-4-6-8-14/h4-8,11-12,16,21H,9-10H2,1-3H3,(H,18,22). The van der Waals surface area contributed by atoms with Crippen LogP contribution in [0.25, 0.3) is 0 Å². The third-order valence-corrected chi connectivity index (χ3v) is 3.67. The lowest BCUT2D eigenvalue weighted by molar-refractivity contribution is 0.0942. The topological polar surface area (TPSA) is 67.2 Å². The molecule has 1 atom stereocenters. The molecule has 0 spiro atoms. The van der Waals surface area contributed by atoms with Crippen molar-refractivity contribution in [2.24, 2.45) is 0 Å². The lowest BCUT2D eigenvalue weighted by Crippen LogP contribution is -2.26. The number of carbonyl (C=O) groups is 1. The lowest BCUT2D eigenvalue weighted by atomic mass is 10.1. The molecule has 0 aliphatic heterocycles. The molecule has 2 rings (SSSR count). The van der Waals surface area contributed by atoms with Crippen molar-refractivity contribution in [1.82, 2.24) is 15.1 Å². The van der Waals surface area contributed by atoms with Gasteiger partial charge in [-0.25, -0.2) is 0 Å². The highest BCUT2D eigenvalue weighted by Gasteiger charge is 2.15. The van der Waals surface area contributed by atoms with E-state index in [1.807, 2.05) is 55.8 Å². The van der Waals surface area contributed by atoms with Crippen molar-refractivity contribution >= 4 is 5.91 Å². The van der Waals surface area contributed by atoms with E-state index in [4.69, 9.17) is 0 Å². The van der Waals surface area contributed by atoms with Crippen molar-refractivity contribution < 1.29 is 9.90 Å². The van der Waals surface area contributed by atoms with Crippen LogP contribution in [-0.4, -0.2) is 27.3 Å². The van der Waals surface area contributed by atoms with Crippen molar-refractivity contribution in [2.75, 3.05) is 6.54 Å². The second-order valence-corrected chi connectivity index (χ2v) is 5.65. The number of aromatic nitrogens is 2. The first kappa shape index (κ1) is 16.2. The highest BCUT2D eigenvalue weighted by atomic mass is 16.3. The first-order valence-electron chi connectivity index (χ1n) is 7.56. The molecule has 1 aromatic carbocycles. The third-order valence-electron chi connectivity index (χ3n) is 3.67. The van der Waals surface area contributed by atoms with Crippen LogP contribution in [0.15, 0.2) is 36.5 Å². The van der Waals surface area contributed by atoms with E-state index in [0.717, 1.165) is 11.3 Å². The number of benzene rings is 1. The van der Waals surface area contributed by atoms with Gasteiger partial charge in [-0.2, -0.15) is 5.10 Å². The van der Waals surface area contributed by atoms with Gasteiger partial charge in [-0.05, 0) is 32.8 Å². The molecular formula is C17H23N3O2. The van der Waals surface area contributed by atoms with Crippen LogP contribution in [0.4, 0.5) is 0 Å². The molecule has 1 amide bonds. The Morgan fingerprint density at radius 1 is 1.32 bits per heavy atom. The molecule has 1 heterocycles. The average Bonchev–Trinajstić information content (AvgIpc) is 2.90. The Balaban J connectivity index is 1.88. The summed E-state index contributed by atoms with van der Waals surface area (Å²) in [7, 11) is 0. The van der Waals surface area contributed by atoms with E-state index >= 15 is 0 Å². The average molecular weight is 301 g/mol. The van der Waals surface area contributed by atoms with Crippen LogP contribution in [0.2, 0.25) is 0 Å². The minimum absolute atomic E-state index is 0.148. The van der Waals surface area contributed by atoms with Crippen molar-refractivity contribution in [3.63, 3.8) is 0 Å². The maximum atomic E-state index is 12.2. The fourth-order valence-corrected chi connectivity index (χ4v) is 2.43. The molecule has 1 aromatic heterocycles. The second kappa shape index (κ2) is 7.22. The monoisotopic (exact) mass is 301 g/mol. The van der Waals surface area contributed by atoms with Crippen LogP contribution in [0.3, 0.4) is 0 Å². The molecule has 5 nitrogen and oxygen atoms in total. The van der Waals surface area contributed by atoms with Crippen LogP contribution in [0, 0.1) is 6.92 Å². The van der Waals surface area contributed by atoms with Gasteiger partial charge in [0.05, 0.1) is 17.9 Å². The van der Waals surface area contributed by atoms with Gasteiger partial charge in [0, 0.05) is 18.3 Å². The third kappa shape index (κ3) is 3.74. The van der Waals surface area contributed by atoms with Gasteiger partial charge in [0.15, 0.2) is 0 Å². The maximum Gasteiger partial charge on any atom is 0.254 e. The fraction of sp³-hybridized carbons (Fsp3) is 0.412. The number of hydrogen-bond donors (Lipinski definition) is 2. The van der Waals surface area contributed by atoms with Gasteiger partial charge in [-0.15, -0.1) is 0 Å². The first-order valence-corrected chi connectivity index (χ1v) is 7.56. The van der Waals surface area contributed by atoms with Crippen LogP contribution >= 0.6 is 0 Å². The largest absolute Gasteiger partial charge is 0.388 e. The van der Waals surface area contributed by atoms with E-state index in [9.17, 15) is 9.90 Å². The van der Waals surface area contributed by atoms with Gasteiger partial charge in [-0.1, -0.05) is 30.3 Å². The molecule has 0 bridgehead atoms. The summed E-state index contributed by atoms with van der Waals surface area (Å²) < 4.78 is 1.83. The van der Waals surface area contributed by atoms with Crippen LogP contribution in [-0.2, 0) is 0 Å². The molecule has 0 saturated carbocycles. The SMILES string of the molecule is Cc1c(C(=O)NCCC(O)c2ccccc2)cnn1C(C)C. The summed E-state index contributed by atoms with van der Waals surface area (Å²) in [6.45, 7) is 6.36. The normalized spacial score (nSPS) is 12.4. The minimum Gasteiger partial charge on any atom is -0.388 e. The summed E-state index contributed by atoms with van der Waals surface area (Å²) in [5, 5.41) is 17.1. The molecule has 5 heteroatoms. The summed E-state index contributed by atoms with van der Waals surface area (Å²) in [4.78, 5) is 12.2. The number of nitrogens with zero attached hydrogens (tertiary/aromatic N) is 2. The number of aliphatic hydroxyl groups is 1. The molecule has 0 saturated heterocycles. The first-order chi connectivity index (χ1) is 10.5. The van der Waals surface area contributed by atoms with Gasteiger partial charge < -0.3 is 10.4 Å². The zero-order chi connectivity index (χ0) is 16.1. The van der Waals surface area contributed by atoms with Gasteiger partial charge in [0.25, 0.3) is 5.91 Å². The Morgan fingerprint density at radius 2 is 2.00 bits per heavy atom. The maximum absolute atomic E-state index is 12.2. The quantitative estimate of drug-likeness (QED) is 0.862. The minimum atomic E-state index is -0.569. The molecule has 22 heavy (non-hydrogen) atoms. The predicted octanol–water partition coefficient (Wildman–Crippen LogP) is 2.63. The summed E-state index contributed by atoms with van der Waals surface area (Å²) in [5.41, 5.74) is 2.31. The summed E-state index contributed by atoms with van der Waals surface area (Å²) in [6, 6.07) is 9.67. The van der Waals surface area contributed by atoms with E-state index in [1.54, 1.807) is 6.20 Å². The number of carbonyl (C=O) groups excluding carboxylic acids is 1. The van der Waals surface area contributed by atoms with E-state index < -0.39 is 6.10 Å². The molecule has 2 aromatic rings. The highest BCUT2D eigenvalue weighted by molar-refractivity contribution is 5.95. The van der Waals surface area contributed by atoms with E-state index in [2.05, 4.69) is 10.4 Å². The molecular weight excluding hydrogens is 278 g/mol. The van der Waals surface area contributed by atoms with Gasteiger partial charge in [0.2, 0.25) is 0 Å². The van der Waals surface area contributed by atoms with E-state index in [-0.39, 0.29) is 11.9 Å². The number of nitrogens with one attached hydrogen (secondary N) is 1. The second-order valence-electron chi connectivity index (χ2n) is 5.65.